The number of piperazine rings is 1. The van der Waals surface area contributed by atoms with Gasteiger partial charge in [0, 0.05) is 38.3 Å². The zero-order valence-corrected chi connectivity index (χ0v) is 11.8. The number of rotatable bonds is 4. The fourth-order valence-corrected chi connectivity index (χ4v) is 3.65. The van der Waals surface area contributed by atoms with Crippen LogP contribution in [0.5, 0.6) is 0 Å². The third-order valence-electron chi connectivity index (χ3n) is 5.03. The van der Waals surface area contributed by atoms with Crippen molar-refractivity contribution in [2.24, 2.45) is 5.92 Å². The minimum absolute atomic E-state index is 0.395. The Labute approximate surface area is 111 Å². The summed E-state index contributed by atoms with van der Waals surface area (Å²) >= 11 is 0. The molecule has 0 aromatic heterocycles. The summed E-state index contributed by atoms with van der Waals surface area (Å²) in [6.07, 6.45) is 8.57. The average Bonchev–Trinajstić information content (AvgIpc) is 3.22. The normalized spacial score (nSPS) is 38.8. The lowest BCUT2D eigenvalue weighted by Gasteiger charge is -2.42. The third kappa shape index (κ3) is 3.06. The van der Waals surface area contributed by atoms with Gasteiger partial charge in [-0.15, -0.1) is 0 Å². The highest BCUT2D eigenvalue weighted by molar-refractivity contribution is 5.02. The predicted octanol–water partition coefficient (Wildman–Crippen LogP) is 2.02. The first-order valence-electron chi connectivity index (χ1n) is 7.85. The van der Waals surface area contributed by atoms with E-state index in [1.54, 1.807) is 0 Å². The van der Waals surface area contributed by atoms with Gasteiger partial charge in [-0.2, -0.15) is 0 Å². The van der Waals surface area contributed by atoms with Gasteiger partial charge < -0.3 is 15.0 Å². The van der Waals surface area contributed by atoms with Crippen molar-refractivity contribution in [1.82, 2.24) is 10.2 Å². The van der Waals surface area contributed by atoms with Gasteiger partial charge in [0.25, 0.3) is 0 Å². The topological polar surface area (TPSA) is 24.5 Å². The number of hydrogen-bond acceptors (Lipinski definition) is 3. The van der Waals surface area contributed by atoms with Crippen molar-refractivity contribution in [3.63, 3.8) is 0 Å². The molecular formula is C15H28N2O. The van der Waals surface area contributed by atoms with Gasteiger partial charge in [0.15, 0.2) is 0 Å². The van der Waals surface area contributed by atoms with Gasteiger partial charge in [-0.25, -0.2) is 0 Å². The second kappa shape index (κ2) is 5.48. The van der Waals surface area contributed by atoms with E-state index in [0.717, 1.165) is 12.5 Å². The van der Waals surface area contributed by atoms with Crippen LogP contribution < -0.4 is 5.32 Å². The first-order chi connectivity index (χ1) is 8.76. The van der Waals surface area contributed by atoms with E-state index >= 15 is 0 Å². The van der Waals surface area contributed by atoms with Crippen molar-refractivity contribution in [1.29, 1.82) is 0 Å². The van der Waals surface area contributed by atoms with Crippen molar-refractivity contribution < 1.29 is 4.74 Å². The Morgan fingerprint density at radius 1 is 1.28 bits per heavy atom. The Bertz CT molecular complexity index is 274. The minimum atomic E-state index is 0.395. The van der Waals surface area contributed by atoms with Crippen LogP contribution in [0.25, 0.3) is 0 Å². The van der Waals surface area contributed by atoms with Gasteiger partial charge in [-0.1, -0.05) is 0 Å². The van der Waals surface area contributed by atoms with E-state index < -0.39 is 0 Å². The van der Waals surface area contributed by atoms with Gasteiger partial charge in [-0.05, 0) is 51.4 Å². The Morgan fingerprint density at radius 2 is 2.17 bits per heavy atom. The number of hydrogen-bond donors (Lipinski definition) is 1. The molecule has 3 aliphatic rings. The Hall–Kier alpha value is -0.120. The van der Waals surface area contributed by atoms with Gasteiger partial charge in [0.1, 0.15) is 0 Å². The van der Waals surface area contributed by atoms with Crippen LogP contribution in [0, 0.1) is 5.92 Å². The third-order valence-corrected chi connectivity index (χ3v) is 5.03. The highest BCUT2D eigenvalue weighted by atomic mass is 16.5. The lowest BCUT2D eigenvalue weighted by atomic mass is 9.92. The maximum Gasteiger partial charge on any atom is 0.0587 e. The largest absolute Gasteiger partial charge is 0.378 e. The SMILES string of the molecule is CC1(C2CC2)CN(CCC2CCCCO2)CCN1. The van der Waals surface area contributed by atoms with Crippen molar-refractivity contribution >= 4 is 0 Å². The molecule has 104 valence electrons. The lowest BCUT2D eigenvalue weighted by Crippen LogP contribution is -2.60. The molecule has 3 fully saturated rings. The second-order valence-corrected chi connectivity index (χ2v) is 6.67. The average molecular weight is 252 g/mol. The summed E-state index contributed by atoms with van der Waals surface area (Å²) in [5.41, 5.74) is 0.395. The van der Waals surface area contributed by atoms with E-state index in [-0.39, 0.29) is 0 Å². The molecule has 1 aliphatic carbocycles. The van der Waals surface area contributed by atoms with Crippen LogP contribution in [0.4, 0.5) is 0 Å². The molecule has 2 saturated heterocycles. The summed E-state index contributed by atoms with van der Waals surface area (Å²) in [5, 5.41) is 3.75. The van der Waals surface area contributed by atoms with E-state index in [1.807, 2.05) is 0 Å². The van der Waals surface area contributed by atoms with Crippen LogP contribution in [-0.4, -0.2) is 49.3 Å². The van der Waals surface area contributed by atoms with Crippen molar-refractivity contribution in [2.75, 3.05) is 32.8 Å². The molecule has 2 aliphatic heterocycles. The summed E-state index contributed by atoms with van der Waals surface area (Å²) in [7, 11) is 0. The van der Waals surface area contributed by atoms with Crippen LogP contribution in [0.2, 0.25) is 0 Å². The summed E-state index contributed by atoms with van der Waals surface area (Å²) in [6, 6.07) is 0. The molecule has 0 amide bonds. The van der Waals surface area contributed by atoms with Crippen LogP contribution in [0.15, 0.2) is 0 Å². The molecule has 0 radical (unpaired) electrons. The summed E-state index contributed by atoms with van der Waals surface area (Å²) in [4.78, 5) is 2.66. The smallest absolute Gasteiger partial charge is 0.0587 e. The molecule has 0 bridgehead atoms. The van der Waals surface area contributed by atoms with E-state index in [4.69, 9.17) is 4.74 Å². The zero-order valence-electron chi connectivity index (χ0n) is 11.8. The van der Waals surface area contributed by atoms with Gasteiger partial charge in [0.05, 0.1) is 6.10 Å². The van der Waals surface area contributed by atoms with Crippen LogP contribution >= 0.6 is 0 Å². The van der Waals surface area contributed by atoms with Crippen LogP contribution in [0.3, 0.4) is 0 Å². The Balaban J connectivity index is 1.44. The molecule has 1 N–H and O–H groups in total. The van der Waals surface area contributed by atoms with Gasteiger partial charge in [0.2, 0.25) is 0 Å². The monoisotopic (exact) mass is 252 g/mol. The van der Waals surface area contributed by atoms with E-state index in [1.165, 1.54) is 64.7 Å². The molecule has 3 heteroatoms. The molecule has 3 nitrogen and oxygen atoms in total. The van der Waals surface area contributed by atoms with Gasteiger partial charge >= 0.3 is 0 Å². The quantitative estimate of drug-likeness (QED) is 0.828. The van der Waals surface area contributed by atoms with E-state index in [2.05, 4.69) is 17.1 Å². The molecule has 2 heterocycles. The minimum Gasteiger partial charge on any atom is -0.378 e. The number of ether oxygens (including phenoxy) is 1. The van der Waals surface area contributed by atoms with Gasteiger partial charge in [-0.3, -0.25) is 0 Å². The molecule has 3 rings (SSSR count). The predicted molar refractivity (Wildman–Crippen MR) is 73.8 cm³/mol. The van der Waals surface area contributed by atoms with E-state index in [9.17, 15) is 0 Å². The van der Waals surface area contributed by atoms with Crippen molar-refractivity contribution in [3.05, 3.63) is 0 Å². The fourth-order valence-electron chi connectivity index (χ4n) is 3.65. The molecule has 2 unspecified atom stereocenters. The molecule has 0 aromatic carbocycles. The van der Waals surface area contributed by atoms with Crippen molar-refractivity contribution in [2.45, 2.75) is 57.1 Å². The Morgan fingerprint density at radius 3 is 2.89 bits per heavy atom. The molecule has 18 heavy (non-hydrogen) atoms. The first kappa shape index (κ1) is 12.9. The van der Waals surface area contributed by atoms with Crippen LogP contribution in [-0.2, 0) is 4.74 Å². The molecule has 0 aromatic rings. The molecule has 2 atom stereocenters. The highest BCUT2D eigenvalue weighted by Gasteiger charge is 2.43. The second-order valence-electron chi connectivity index (χ2n) is 6.67. The van der Waals surface area contributed by atoms with E-state index in [0.29, 0.717) is 11.6 Å². The highest BCUT2D eigenvalue weighted by Crippen LogP contribution is 2.40. The molecule has 1 saturated carbocycles. The summed E-state index contributed by atoms with van der Waals surface area (Å²) < 4.78 is 5.84. The molecular weight excluding hydrogens is 224 g/mol. The standard InChI is InChI=1S/C15H28N2O/c1-15(13-5-6-13)12-17(10-8-16-15)9-7-14-4-2-3-11-18-14/h13-14,16H,2-12H2,1H3. The number of nitrogens with zero attached hydrogens (tertiary/aromatic N) is 1. The maximum atomic E-state index is 5.84. The summed E-state index contributed by atoms with van der Waals surface area (Å²) in [5.74, 6) is 0.936. The maximum absolute atomic E-state index is 5.84. The number of nitrogens with one attached hydrogen (secondary N) is 1. The Kier molecular flexibility index (Phi) is 3.92. The summed E-state index contributed by atoms with van der Waals surface area (Å²) in [6.45, 7) is 8.27. The molecule has 0 spiro atoms. The van der Waals surface area contributed by atoms with Crippen LogP contribution in [0.1, 0.15) is 45.4 Å². The lowest BCUT2D eigenvalue weighted by molar-refractivity contribution is 0.00159. The fraction of sp³-hybridized carbons (Fsp3) is 1.00. The zero-order chi connectivity index (χ0) is 12.4. The van der Waals surface area contributed by atoms with Crippen molar-refractivity contribution in [3.8, 4) is 0 Å². The first-order valence-corrected chi connectivity index (χ1v) is 7.85.